The van der Waals surface area contributed by atoms with Gasteiger partial charge in [0.25, 0.3) is 0 Å². The van der Waals surface area contributed by atoms with Crippen LogP contribution in [0.1, 0.15) is 30.4 Å². The summed E-state index contributed by atoms with van der Waals surface area (Å²) in [6.07, 6.45) is 1.90. The molecule has 0 spiro atoms. The highest BCUT2D eigenvalue weighted by Crippen LogP contribution is 2.34. The summed E-state index contributed by atoms with van der Waals surface area (Å²) in [6.45, 7) is 4.05. The van der Waals surface area contributed by atoms with Crippen LogP contribution in [0.2, 0.25) is 0 Å². The minimum Gasteiger partial charge on any atom is -0.496 e. The third-order valence-electron chi connectivity index (χ3n) is 3.25. The van der Waals surface area contributed by atoms with Gasteiger partial charge in [-0.25, -0.2) is 4.79 Å². The number of esters is 1. The summed E-state index contributed by atoms with van der Waals surface area (Å²) >= 11 is 0. The summed E-state index contributed by atoms with van der Waals surface area (Å²) < 4.78 is 12.2. The summed E-state index contributed by atoms with van der Waals surface area (Å²) in [6, 6.07) is 9.73. The molecule has 0 aliphatic carbocycles. The minimum atomic E-state index is -0.343. The maximum absolute atomic E-state index is 12.1. The molecule has 0 fully saturated rings. The topological polar surface area (TPSA) is 40.5 Å². The van der Waals surface area contributed by atoms with E-state index < -0.39 is 0 Å². The SMILES string of the molecule is COC(=O)c1c(-c2ccccc2OC)ccn1C(C)C. The van der Waals surface area contributed by atoms with Gasteiger partial charge in [0.2, 0.25) is 0 Å². The lowest BCUT2D eigenvalue weighted by molar-refractivity contribution is 0.0587. The molecule has 2 aromatic rings. The number of benzene rings is 1. The van der Waals surface area contributed by atoms with Crippen LogP contribution in [0.5, 0.6) is 5.75 Å². The van der Waals surface area contributed by atoms with Crippen LogP contribution in [0.4, 0.5) is 0 Å². The molecule has 2 rings (SSSR count). The fourth-order valence-electron chi connectivity index (χ4n) is 2.27. The fraction of sp³-hybridized carbons (Fsp3) is 0.312. The predicted molar refractivity (Wildman–Crippen MR) is 78.1 cm³/mol. The molecule has 106 valence electrons. The van der Waals surface area contributed by atoms with Crippen molar-refractivity contribution in [2.75, 3.05) is 14.2 Å². The Balaban J connectivity index is 2.65. The number of nitrogens with zero attached hydrogens (tertiary/aromatic N) is 1. The highest BCUT2D eigenvalue weighted by molar-refractivity contribution is 5.97. The summed E-state index contributed by atoms with van der Waals surface area (Å²) in [7, 11) is 3.02. The Morgan fingerprint density at radius 3 is 2.40 bits per heavy atom. The fourth-order valence-corrected chi connectivity index (χ4v) is 2.27. The molecule has 20 heavy (non-hydrogen) atoms. The van der Waals surface area contributed by atoms with Crippen LogP contribution in [0.3, 0.4) is 0 Å². The van der Waals surface area contributed by atoms with E-state index in [9.17, 15) is 4.79 Å². The van der Waals surface area contributed by atoms with Gasteiger partial charge in [0.1, 0.15) is 11.4 Å². The van der Waals surface area contributed by atoms with Crippen LogP contribution < -0.4 is 4.74 Å². The van der Waals surface area contributed by atoms with Crippen molar-refractivity contribution >= 4 is 5.97 Å². The highest BCUT2D eigenvalue weighted by Gasteiger charge is 2.21. The van der Waals surface area contributed by atoms with Crippen LogP contribution in [0.25, 0.3) is 11.1 Å². The molecule has 0 N–H and O–H groups in total. The molecule has 0 unspecified atom stereocenters. The van der Waals surface area contributed by atoms with Crippen LogP contribution in [0.15, 0.2) is 36.5 Å². The molecule has 0 aliphatic heterocycles. The normalized spacial score (nSPS) is 10.7. The van der Waals surface area contributed by atoms with Crippen molar-refractivity contribution in [3.8, 4) is 16.9 Å². The van der Waals surface area contributed by atoms with E-state index in [0.717, 1.165) is 16.9 Å². The molecule has 0 radical (unpaired) electrons. The second-order valence-corrected chi connectivity index (χ2v) is 4.77. The molecule has 4 nitrogen and oxygen atoms in total. The van der Waals surface area contributed by atoms with Crippen molar-refractivity contribution in [2.24, 2.45) is 0 Å². The van der Waals surface area contributed by atoms with E-state index in [2.05, 4.69) is 0 Å². The van der Waals surface area contributed by atoms with Gasteiger partial charge in [0, 0.05) is 23.4 Å². The van der Waals surface area contributed by atoms with Gasteiger partial charge in [-0.3, -0.25) is 0 Å². The number of hydrogen-bond donors (Lipinski definition) is 0. The Bertz CT molecular complexity index is 614. The Morgan fingerprint density at radius 1 is 1.10 bits per heavy atom. The lowest BCUT2D eigenvalue weighted by Gasteiger charge is -2.14. The summed E-state index contributed by atoms with van der Waals surface area (Å²) in [5, 5.41) is 0. The third-order valence-corrected chi connectivity index (χ3v) is 3.25. The van der Waals surface area contributed by atoms with Gasteiger partial charge >= 0.3 is 5.97 Å². The predicted octanol–water partition coefficient (Wildman–Crippen LogP) is 3.53. The molecule has 0 aliphatic rings. The van der Waals surface area contributed by atoms with E-state index in [4.69, 9.17) is 9.47 Å². The molecule has 0 saturated carbocycles. The molecule has 0 bridgehead atoms. The van der Waals surface area contributed by atoms with Crippen LogP contribution in [0, 0.1) is 0 Å². The number of rotatable bonds is 4. The summed E-state index contributed by atoms with van der Waals surface area (Å²) in [5.74, 6) is 0.392. The average Bonchev–Trinajstić information content (AvgIpc) is 2.91. The van der Waals surface area contributed by atoms with Gasteiger partial charge in [0.15, 0.2) is 0 Å². The Kier molecular flexibility index (Phi) is 4.13. The van der Waals surface area contributed by atoms with Crippen molar-refractivity contribution in [2.45, 2.75) is 19.9 Å². The molecule has 0 atom stereocenters. The van der Waals surface area contributed by atoms with Gasteiger partial charge in [-0.05, 0) is 26.0 Å². The van der Waals surface area contributed by atoms with Crippen LogP contribution >= 0.6 is 0 Å². The number of aromatic nitrogens is 1. The number of methoxy groups -OCH3 is 2. The lowest BCUT2D eigenvalue weighted by atomic mass is 10.0. The number of ether oxygens (including phenoxy) is 2. The number of hydrogen-bond acceptors (Lipinski definition) is 3. The van der Waals surface area contributed by atoms with Gasteiger partial charge in [0.05, 0.1) is 14.2 Å². The minimum absolute atomic E-state index is 0.174. The Hall–Kier alpha value is -2.23. The van der Waals surface area contributed by atoms with Crippen LogP contribution in [-0.4, -0.2) is 24.8 Å². The quantitative estimate of drug-likeness (QED) is 0.800. The first-order chi connectivity index (χ1) is 9.60. The first kappa shape index (κ1) is 14.2. The van der Waals surface area contributed by atoms with Gasteiger partial charge in [-0.15, -0.1) is 0 Å². The molecule has 4 heteroatoms. The molecular formula is C16H19NO3. The van der Waals surface area contributed by atoms with Crippen molar-refractivity contribution in [3.63, 3.8) is 0 Å². The smallest absolute Gasteiger partial charge is 0.355 e. The molecule has 1 aromatic carbocycles. The van der Waals surface area contributed by atoms with E-state index in [1.165, 1.54) is 7.11 Å². The maximum atomic E-state index is 12.1. The summed E-state index contributed by atoms with van der Waals surface area (Å²) in [4.78, 5) is 12.1. The largest absolute Gasteiger partial charge is 0.496 e. The third kappa shape index (κ3) is 2.41. The zero-order chi connectivity index (χ0) is 14.7. The molecular weight excluding hydrogens is 254 g/mol. The highest BCUT2D eigenvalue weighted by atomic mass is 16.5. The first-order valence-electron chi connectivity index (χ1n) is 6.52. The van der Waals surface area contributed by atoms with Crippen molar-refractivity contribution in [3.05, 3.63) is 42.2 Å². The first-order valence-corrected chi connectivity index (χ1v) is 6.52. The standard InChI is InChI=1S/C16H19NO3/c1-11(2)17-10-9-13(15(17)16(18)20-4)12-7-5-6-8-14(12)19-3/h5-11H,1-4H3. The maximum Gasteiger partial charge on any atom is 0.355 e. The van der Waals surface area contributed by atoms with Crippen molar-refractivity contribution in [1.82, 2.24) is 4.57 Å². The summed E-state index contributed by atoms with van der Waals surface area (Å²) in [5.41, 5.74) is 2.25. The van der Waals surface area contributed by atoms with Crippen molar-refractivity contribution < 1.29 is 14.3 Å². The van der Waals surface area contributed by atoms with E-state index in [1.807, 2.05) is 54.9 Å². The molecule has 0 amide bonds. The van der Waals surface area contributed by atoms with E-state index in [-0.39, 0.29) is 12.0 Å². The van der Waals surface area contributed by atoms with E-state index in [0.29, 0.717) is 5.69 Å². The Labute approximate surface area is 118 Å². The monoisotopic (exact) mass is 273 g/mol. The average molecular weight is 273 g/mol. The molecule has 0 saturated heterocycles. The second kappa shape index (κ2) is 5.82. The zero-order valence-electron chi connectivity index (χ0n) is 12.2. The van der Waals surface area contributed by atoms with Gasteiger partial charge in [-0.1, -0.05) is 18.2 Å². The Morgan fingerprint density at radius 2 is 1.80 bits per heavy atom. The molecule has 1 aromatic heterocycles. The van der Waals surface area contributed by atoms with Crippen LogP contribution in [-0.2, 0) is 4.74 Å². The number of carbonyl (C=O) groups is 1. The zero-order valence-corrected chi connectivity index (χ0v) is 12.2. The number of carbonyl (C=O) groups excluding carboxylic acids is 1. The number of para-hydroxylation sites is 1. The second-order valence-electron chi connectivity index (χ2n) is 4.77. The van der Waals surface area contributed by atoms with E-state index in [1.54, 1.807) is 7.11 Å². The lowest BCUT2D eigenvalue weighted by Crippen LogP contribution is -2.13. The molecule has 1 heterocycles. The van der Waals surface area contributed by atoms with Crippen molar-refractivity contribution in [1.29, 1.82) is 0 Å². The van der Waals surface area contributed by atoms with E-state index >= 15 is 0 Å². The van der Waals surface area contributed by atoms with Gasteiger partial charge < -0.3 is 14.0 Å². The van der Waals surface area contributed by atoms with Gasteiger partial charge in [-0.2, -0.15) is 0 Å².